The van der Waals surface area contributed by atoms with Crippen molar-refractivity contribution in [3.05, 3.63) is 22.2 Å². The average molecular weight is 308 g/mol. The number of hydrogen-bond donors (Lipinski definition) is 3. The summed E-state index contributed by atoms with van der Waals surface area (Å²) in [6.45, 7) is 0. The topological polar surface area (TPSA) is 161 Å². The van der Waals surface area contributed by atoms with Crippen molar-refractivity contribution in [2.75, 3.05) is 11.5 Å². The smallest absolute Gasteiger partial charge is 0.313 e. The number of thioether (sulfide) groups is 1. The number of nitrogen functional groups attached to an aromatic ring is 1. The molecule has 0 aliphatic heterocycles. The molecule has 11 heteroatoms. The van der Waals surface area contributed by atoms with Crippen LogP contribution in [0.4, 0.5) is 11.4 Å². The van der Waals surface area contributed by atoms with E-state index in [1.54, 1.807) is 0 Å². The first-order chi connectivity index (χ1) is 8.62. The van der Waals surface area contributed by atoms with Crippen LogP contribution in [0.2, 0.25) is 0 Å². The van der Waals surface area contributed by atoms with Crippen molar-refractivity contribution in [1.29, 1.82) is 0 Å². The van der Waals surface area contributed by atoms with Crippen molar-refractivity contribution < 1.29 is 27.8 Å². The van der Waals surface area contributed by atoms with Crippen molar-refractivity contribution in [2.45, 2.75) is 9.79 Å². The molecule has 0 radical (unpaired) electrons. The Balaban J connectivity index is 3.38. The Hall–Kier alpha value is -1.85. The van der Waals surface area contributed by atoms with Gasteiger partial charge >= 0.3 is 5.97 Å². The van der Waals surface area contributed by atoms with E-state index in [-0.39, 0.29) is 4.90 Å². The van der Waals surface area contributed by atoms with Gasteiger partial charge in [0, 0.05) is 6.07 Å². The second kappa shape index (κ2) is 5.42. The van der Waals surface area contributed by atoms with E-state index in [1.807, 2.05) is 0 Å². The molecular weight excluding hydrogens is 300 g/mol. The molecule has 0 atom stereocenters. The molecule has 0 aliphatic carbocycles. The van der Waals surface area contributed by atoms with Gasteiger partial charge in [0.15, 0.2) is 0 Å². The van der Waals surface area contributed by atoms with Gasteiger partial charge in [-0.2, -0.15) is 8.42 Å². The number of carboxylic acids is 1. The molecule has 9 nitrogen and oxygen atoms in total. The van der Waals surface area contributed by atoms with Crippen molar-refractivity contribution >= 4 is 39.2 Å². The van der Waals surface area contributed by atoms with Crippen LogP contribution in [-0.2, 0) is 14.9 Å². The molecule has 0 aliphatic rings. The van der Waals surface area contributed by atoms with E-state index >= 15 is 0 Å². The lowest BCUT2D eigenvalue weighted by Crippen LogP contribution is -2.06. The molecule has 104 valence electrons. The average Bonchev–Trinajstić information content (AvgIpc) is 2.23. The third kappa shape index (κ3) is 3.81. The predicted octanol–water partition coefficient (Wildman–Crippen LogP) is 0.600. The number of anilines is 1. The molecule has 0 saturated heterocycles. The Morgan fingerprint density at radius 2 is 2.05 bits per heavy atom. The summed E-state index contributed by atoms with van der Waals surface area (Å²) in [4.78, 5) is 19.4. The molecule has 19 heavy (non-hydrogen) atoms. The highest BCUT2D eigenvalue weighted by atomic mass is 32.2. The number of hydrogen-bond acceptors (Lipinski definition) is 7. The number of nitrogens with zero attached hydrogens (tertiary/aromatic N) is 1. The van der Waals surface area contributed by atoms with E-state index in [1.165, 1.54) is 0 Å². The quantitative estimate of drug-likeness (QED) is 0.232. The fraction of sp³-hybridized carbons (Fsp3) is 0.125. The van der Waals surface area contributed by atoms with E-state index in [0.29, 0.717) is 17.8 Å². The van der Waals surface area contributed by atoms with E-state index < -0.39 is 43.0 Å². The van der Waals surface area contributed by atoms with Crippen LogP contribution in [0.3, 0.4) is 0 Å². The lowest BCUT2D eigenvalue weighted by atomic mass is 10.3. The van der Waals surface area contributed by atoms with Crippen molar-refractivity contribution in [1.82, 2.24) is 0 Å². The van der Waals surface area contributed by atoms with E-state index in [2.05, 4.69) is 0 Å². The maximum absolute atomic E-state index is 11.0. The number of nitrogens with two attached hydrogens (primary N) is 1. The number of carboxylic acid groups (broad SMARTS) is 1. The van der Waals surface area contributed by atoms with Crippen LogP contribution >= 0.6 is 11.8 Å². The van der Waals surface area contributed by atoms with Crippen LogP contribution in [0, 0.1) is 10.1 Å². The van der Waals surface area contributed by atoms with Gasteiger partial charge in [0.05, 0.1) is 21.3 Å². The highest BCUT2D eigenvalue weighted by molar-refractivity contribution is 8.00. The third-order valence-corrected chi connectivity index (χ3v) is 3.86. The van der Waals surface area contributed by atoms with Crippen LogP contribution in [0.5, 0.6) is 0 Å². The van der Waals surface area contributed by atoms with Gasteiger partial charge in [0.25, 0.3) is 15.8 Å². The first-order valence-electron chi connectivity index (χ1n) is 4.53. The summed E-state index contributed by atoms with van der Waals surface area (Å²) in [5.41, 5.74) is 4.31. The van der Waals surface area contributed by atoms with Crippen molar-refractivity contribution in [3.8, 4) is 0 Å². The highest BCUT2D eigenvalue weighted by Crippen LogP contribution is 2.34. The van der Waals surface area contributed by atoms with E-state index in [9.17, 15) is 23.3 Å². The lowest BCUT2D eigenvalue weighted by molar-refractivity contribution is -0.387. The molecule has 0 bridgehead atoms. The molecule has 0 spiro atoms. The highest BCUT2D eigenvalue weighted by Gasteiger charge is 2.23. The molecule has 1 rings (SSSR count). The SMILES string of the molecule is Nc1cc(SCC(=O)O)c([N+](=O)[O-])cc1S(=O)(=O)O. The monoisotopic (exact) mass is 308 g/mol. The number of nitro groups is 1. The van der Waals surface area contributed by atoms with Crippen molar-refractivity contribution in [3.63, 3.8) is 0 Å². The van der Waals surface area contributed by atoms with Crippen LogP contribution in [0.25, 0.3) is 0 Å². The minimum atomic E-state index is -4.69. The Morgan fingerprint density at radius 3 is 2.47 bits per heavy atom. The number of carbonyl (C=O) groups is 1. The Kier molecular flexibility index (Phi) is 4.34. The van der Waals surface area contributed by atoms with E-state index in [4.69, 9.17) is 15.4 Å². The summed E-state index contributed by atoms with van der Waals surface area (Å²) in [6.07, 6.45) is 0. The summed E-state index contributed by atoms with van der Waals surface area (Å²) in [5.74, 6) is -1.65. The minimum Gasteiger partial charge on any atom is -0.481 e. The van der Waals surface area contributed by atoms with Gasteiger partial charge in [-0.1, -0.05) is 0 Å². The standard InChI is InChI=1S/C8H8N2O7S2/c9-4-1-6(18-3-8(11)12)5(10(13)14)2-7(4)19(15,16)17/h1-2H,3,9H2,(H,11,12)(H,15,16,17). The fourth-order valence-electron chi connectivity index (χ4n) is 1.19. The molecule has 0 fully saturated rings. The number of aliphatic carboxylic acids is 1. The summed E-state index contributed by atoms with van der Waals surface area (Å²) in [7, 11) is -4.69. The van der Waals surface area contributed by atoms with Crippen LogP contribution in [0.1, 0.15) is 0 Å². The lowest BCUT2D eigenvalue weighted by Gasteiger charge is -2.06. The number of benzene rings is 1. The molecule has 0 heterocycles. The van der Waals surface area contributed by atoms with Crippen LogP contribution < -0.4 is 5.73 Å². The van der Waals surface area contributed by atoms with Crippen LogP contribution in [0.15, 0.2) is 21.9 Å². The fourth-order valence-corrected chi connectivity index (χ4v) is 2.57. The van der Waals surface area contributed by atoms with Gasteiger partial charge in [-0.15, -0.1) is 11.8 Å². The van der Waals surface area contributed by atoms with Crippen LogP contribution in [-0.4, -0.2) is 34.7 Å². The molecule has 1 aromatic carbocycles. The normalized spacial score (nSPS) is 11.2. The molecule has 0 amide bonds. The summed E-state index contributed by atoms with van der Waals surface area (Å²) in [5, 5.41) is 19.3. The zero-order chi connectivity index (χ0) is 14.8. The Bertz CT molecular complexity index is 641. The van der Waals surface area contributed by atoms with E-state index in [0.717, 1.165) is 6.07 Å². The zero-order valence-corrected chi connectivity index (χ0v) is 10.8. The maximum atomic E-state index is 11.0. The summed E-state index contributed by atoms with van der Waals surface area (Å²) >= 11 is 0.619. The number of nitro benzene ring substituents is 1. The minimum absolute atomic E-state index is 0.0997. The molecule has 0 aromatic heterocycles. The van der Waals surface area contributed by atoms with Gasteiger partial charge < -0.3 is 10.8 Å². The Labute approximate surface area is 111 Å². The molecule has 1 aromatic rings. The number of rotatable bonds is 5. The zero-order valence-electron chi connectivity index (χ0n) is 9.14. The first-order valence-corrected chi connectivity index (χ1v) is 6.95. The van der Waals surface area contributed by atoms with Gasteiger partial charge in [0.1, 0.15) is 4.90 Å². The second-order valence-electron chi connectivity index (χ2n) is 3.27. The third-order valence-electron chi connectivity index (χ3n) is 1.92. The maximum Gasteiger partial charge on any atom is 0.313 e. The largest absolute Gasteiger partial charge is 0.481 e. The Morgan fingerprint density at radius 1 is 1.47 bits per heavy atom. The summed E-state index contributed by atoms with van der Waals surface area (Å²) in [6, 6.07) is 1.53. The van der Waals surface area contributed by atoms with Gasteiger partial charge in [-0.05, 0) is 6.07 Å². The molecule has 0 unspecified atom stereocenters. The molecule has 4 N–H and O–H groups in total. The van der Waals surface area contributed by atoms with Gasteiger partial charge in [0.2, 0.25) is 0 Å². The van der Waals surface area contributed by atoms with Gasteiger partial charge in [-0.25, -0.2) is 0 Å². The second-order valence-corrected chi connectivity index (χ2v) is 5.68. The molecular formula is C8H8N2O7S2. The summed E-state index contributed by atoms with van der Waals surface area (Å²) < 4.78 is 30.8. The first kappa shape index (κ1) is 15.2. The van der Waals surface area contributed by atoms with Gasteiger partial charge in [-0.3, -0.25) is 19.5 Å². The predicted molar refractivity (Wildman–Crippen MR) is 65.7 cm³/mol. The van der Waals surface area contributed by atoms with Crippen molar-refractivity contribution in [2.24, 2.45) is 0 Å². The molecule has 0 saturated carbocycles.